The zero-order chi connectivity index (χ0) is 20.9. The lowest BCUT2D eigenvalue weighted by Gasteiger charge is -2.13. The van der Waals surface area contributed by atoms with E-state index in [4.69, 9.17) is 4.74 Å². The van der Waals surface area contributed by atoms with E-state index in [9.17, 15) is 0 Å². The zero-order valence-corrected chi connectivity index (χ0v) is 18.0. The van der Waals surface area contributed by atoms with Gasteiger partial charge in [0.1, 0.15) is 12.4 Å². The maximum atomic E-state index is 6.08. The number of hydrogen-bond donors (Lipinski definition) is 0. The van der Waals surface area contributed by atoms with Crippen molar-refractivity contribution in [1.82, 2.24) is 19.7 Å². The van der Waals surface area contributed by atoms with Gasteiger partial charge in [-0.05, 0) is 48.2 Å². The molecule has 0 N–H and O–H groups in total. The molecule has 0 amide bonds. The summed E-state index contributed by atoms with van der Waals surface area (Å²) in [5.41, 5.74) is 3.33. The van der Waals surface area contributed by atoms with Crippen LogP contribution in [0.15, 0.2) is 84.3 Å². The molecular formula is C25H24N4OS. The van der Waals surface area contributed by atoms with Crippen molar-refractivity contribution in [3.8, 4) is 22.6 Å². The van der Waals surface area contributed by atoms with Gasteiger partial charge in [0, 0.05) is 11.4 Å². The predicted molar refractivity (Wildman–Crippen MR) is 123 cm³/mol. The second-order valence-corrected chi connectivity index (χ2v) is 8.92. The molecule has 0 bridgehead atoms. The second kappa shape index (κ2) is 9.35. The van der Waals surface area contributed by atoms with Gasteiger partial charge in [-0.1, -0.05) is 67.1 Å². The number of aromatic nitrogens is 4. The number of nitrogens with zero attached hydrogens (tertiary/aromatic N) is 4. The number of rotatable bonds is 7. The van der Waals surface area contributed by atoms with Crippen molar-refractivity contribution in [2.45, 2.75) is 42.7 Å². The summed E-state index contributed by atoms with van der Waals surface area (Å²) in [6.45, 7) is 0.345. The van der Waals surface area contributed by atoms with Gasteiger partial charge in [0.05, 0.1) is 11.9 Å². The first-order chi connectivity index (χ1) is 15.4. The Morgan fingerprint density at radius 1 is 0.871 bits per heavy atom. The van der Waals surface area contributed by atoms with Crippen molar-refractivity contribution < 1.29 is 4.74 Å². The van der Waals surface area contributed by atoms with E-state index in [2.05, 4.69) is 44.0 Å². The Hall–Kier alpha value is -3.12. The van der Waals surface area contributed by atoms with Gasteiger partial charge >= 0.3 is 0 Å². The molecule has 1 saturated carbocycles. The van der Waals surface area contributed by atoms with E-state index in [1.54, 1.807) is 6.20 Å². The topological polar surface area (TPSA) is 52.8 Å². The van der Waals surface area contributed by atoms with E-state index >= 15 is 0 Å². The van der Waals surface area contributed by atoms with E-state index < -0.39 is 0 Å². The van der Waals surface area contributed by atoms with Gasteiger partial charge in [-0.2, -0.15) is 0 Å². The van der Waals surface area contributed by atoms with Crippen LogP contribution in [-0.2, 0) is 6.61 Å². The molecule has 0 unspecified atom stereocenters. The molecule has 6 heteroatoms. The normalized spacial score (nSPS) is 14.1. The van der Waals surface area contributed by atoms with E-state index in [-0.39, 0.29) is 0 Å². The number of thioether (sulfide) groups is 1. The summed E-state index contributed by atoms with van der Waals surface area (Å²) in [5, 5.41) is 10.5. The number of benzene rings is 2. The summed E-state index contributed by atoms with van der Waals surface area (Å²) in [5.74, 6) is 1.59. The van der Waals surface area contributed by atoms with Crippen LogP contribution in [0.5, 0.6) is 5.75 Å². The van der Waals surface area contributed by atoms with Gasteiger partial charge < -0.3 is 4.74 Å². The lowest BCUT2D eigenvalue weighted by atomic mass is 10.1. The van der Waals surface area contributed by atoms with Crippen LogP contribution >= 0.6 is 11.8 Å². The van der Waals surface area contributed by atoms with Crippen molar-refractivity contribution in [3.05, 3.63) is 84.9 Å². The van der Waals surface area contributed by atoms with Gasteiger partial charge in [0.2, 0.25) is 0 Å². The summed E-state index contributed by atoms with van der Waals surface area (Å²) in [4.78, 5) is 4.29. The molecule has 1 fully saturated rings. The largest absolute Gasteiger partial charge is 0.486 e. The van der Waals surface area contributed by atoms with E-state index in [0.717, 1.165) is 22.4 Å². The molecule has 1 aliphatic carbocycles. The Morgan fingerprint density at radius 3 is 2.39 bits per heavy atom. The van der Waals surface area contributed by atoms with E-state index in [0.29, 0.717) is 11.9 Å². The fraction of sp³-hybridized carbons (Fsp3) is 0.240. The molecule has 2 heterocycles. The molecule has 1 aliphatic rings. The second-order valence-electron chi connectivity index (χ2n) is 7.65. The van der Waals surface area contributed by atoms with Crippen molar-refractivity contribution in [2.24, 2.45) is 0 Å². The Bertz CT molecular complexity index is 1110. The third kappa shape index (κ3) is 4.64. The summed E-state index contributed by atoms with van der Waals surface area (Å²) < 4.78 is 8.15. The average Bonchev–Trinajstić information content (AvgIpc) is 3.49. The molecule has 5 rings (SSSR count). The molecule has 0 spiro atoms. The minimum Gasteiger partial charge on any atom is -0.486 e. The Morgan fingerprint density at radius 2 is 1.65 bits per heavy atom. The van der Waals surface area contributed by atoms with Crippen LogP contribution in [-0.4, -0.2) is 25.0 Å². The molecule has 4 aromatic rings. The van der Waals surface area contributed by atoms with Crippen LogP contribution in [0.3, 0.4) is 0 Å². The molecule has 0 atom stereocenters. The van der Waals surface area contributed by atoms with Crippen LogP contribution in [0.4, 0.5) is 0 Å². The van der Waals surface area contributed by atoms with Crippen molar-refractivity contribution in [2.75, 3.05) is 0 Å². The highest BCUT2D eigenvalue weighted by Crippen LogP contribution is 2.35. The smallest absolute Gasteiger partial charge is 0.196 e. The molecule has 0 aliphatic heterocycles. The fourth-order valence-electron chi connectivity index (χ4n) is 3.89. The molecule has 5 nitrogen and oxygen atoms in total. The lowest BCUT2D eigenvalue weighted by Crippen LogP contribution is -2.08. The van der Waals surface area contributed by atoms with Crippen molar-refractivity contribution in [1.29, 1.82) is 0 Å². The molecule has 31 heavy (non-hydrogen) atoms. The standard InChI is InChI=1S/C25H24N4OS/c1-2-7-19(8-3-1)20-12-14-22(15-13-20)30-18-24-27-28-25(31-23-10-4-5-11-23)29(24)21-9-6-16-26-17-21/h1-3,6-9,12-17,23H,4-5,10-11,18H2. The van der Waals surface area contributed by atoms with Crippen LogP contribution in [0.1, 0.15) is 31.5 Å². The molecule has 0 radical (unpaired) electrons. The first-order valence-corrected chi connectivity index (χ1v) is 11.5. The van der Waals surface area contributed by atoms with Crippen LogP contribution in [0, 0.1) is 0 Å². The summed E-state index contributed by atoms with van der Waals surface area (Å²) >= 11 is 1.82. The Balaban J connectivity index is 1.34. The number of ether oxygens (including phenoxy) is 1. The summed E-state index contributed by atoms with van der Waals surface area (Å²) in [6.07, 6.45) is 8.71. The van der Waals surface area contributed by atoms with Gasteiger partial charge in [0.25, 0.3) is 0 Å². The first-order valence-electron chi connectivity index (χ1n) is 10.7. The van der Waals surface area contributed by atoms with Crippen LogP contribution in [0.2, 0.25) is 0 Å². The van der Waals surface area contributed by atoms with Gasteiger partial charge in [-0.3, -0.25) is 9.55 Å². The van der Waals surface area contributed by atoms with E-state index in [1.807, 2.05) is 60.4 Å². The highest BCUT2D eigenvalue weighted by Gasteiger charge is 2.22. The van der Waals surface area contributed by atoms with Gasteiger partial charge in [-0.15, -0.1) is 10.2 Å². The third-order valence-electron chi connectivity index (χ3n) is 5.51. The zero-order valence-electron chi connectivity index (χ0n) is 17.2. The van der Waals surface area contributed by atoms with Crippen LogP contribution in [0.25, 0.3) is 16.8 Å². The monoisotopic (exact) mass is 428 g/mol. The van der Waals surface area contributed by atoms with Gasteiger partial charge in [0.15, 0.2) is 11.0 Å². The highest BCUT2D eigenvalue weighted by atomic mass is 32.2. The Labute approximate surface area is 186 Å². The molecule has 2 aromatic carbocycles. The minimum atomic E-state index is 0.345. The molecule has 0 saturated heterocycles. The molecule has 2 aromatic heterocycles. The first kappa shape index (κ1) is 19.8. The predicted octanol–water partition coefficient (Wildman–Crippen LogP) is 5.94. The average molecular weight is 429 g/mol. The summed E-state index contributed by atoms with van der Waals surface area (Å²) in [6, 6.07) is 22.5. The highest BCUT2D eigenvalue weighted by molar-refractivity contribution is 7.99. The lowest BCUT2D eigenvalue weighted by molar-refractivity contribution is 0.293. The quantitative estimate of drug-likeness (QED) is 0.364. The van der Waals surface area contributed by atoms with Crippen molar-refractivity contribution >= 4 is 11.8 Å². The van der Waals surface area contributed by atoms with Crippen LogP contribution < -0.4 is 4.74 Å². The van der Waals surface area contributed by atoms with Gasteiger partial charge in [-0.25, -0.2) is 0 Å². The SMILES string of the molecule is c1ccc(-c2ccc(OCc3nnc(SC4CCCC4)n3-c3cccnc3)cc2)cc1. The Kier molecular flexibility index (Phi) is 5.98. The molecular weight excluding hydrogens is 404 g/mol. The summed E-state index contributed by atoms with van der Waals surface area (Å²) in [7, 11) is 0. The minimum absolute atomic E-state index is 0.345. The number of pyridine rings is 1. The molecule has 156 valence electrons. The maximum absolute atomic E-state index is 6.08. The third-order valence-corrected chi connectivity index (χ3v) is 6.79. The maximum Gasteiger partial charge on any atom is 0.196 e. The van der Waals surface area contributed by atoms with Crippen molar-refractivity contribution in [3.63, 3.8) is 0 Å². The van der Waals surface area contributed by atoms with E-state index in [1.165, 1.54) is 36.8 Å². The number of hydrogen-bond acceptors (Lipinski definition) is 5. The fourth-order valence-corrected chi connectivity index (χ4v) is 5.16.